The molecule has 1 aromatic carbocycles. The Balaban J connectivity index is 1.67. The van der Waals surface area contributed by atoms with Gasteiger partial charge in [0.05, 0.1) is 16.9 Å². The summed E-state index contributed by atoms with van der Waals surface area (Å²) in [7, 11) is 1.54. The molecule has 4 rings (SSSR count). The van der Waals surface area contributed by atoms with Crippen LogP contribution < -0.4 is 16.0 Å². The van der Waals surface area contributed by atoms with Crippen LogP contribution >= 0.6 is 0 Å². The first-order valence-electron chi connectivity index (χ1n) is 9.90. The van der Waals surface area contributed by atoms with Crippen molar-refractivity contribution in [3.63, 3.8) is 0 Å². The maximum atomic E-state index is 13.0. The number of fused-ring (bicyclic) bond motifs is 1. The van der Waals surface area contributed by atoms with E-state index in [2.05, 4.69) is 26.1 Å². The summed E-state index contributed by atoms with van der Waals surface area (Å²) >= 11 is 0. The van der Waals surface area contributed by atoms with Crippen molar-refractivity contribution >= 4 is 29.0 Å². The molecule has 2 aromatic heterocycles. The normalized spacial score (nSPS) is 12.7. The lowest BCUT2D eigenvalue weighted by Crippen LogP contribution is -2.20. The number of carbonyl (C=O) groups is 2. The third-order valence-corrected chi connectivity index (χ3v) is 5.19. The van der Waals surface area contributed by atoms with Crippen LogP contribution in [0.1, 0.15) is 50.6 Å². The Kier molecular flexibility index (Phi) is 5.47. The van der Waals surface area contributed by atoms with Crippen LogP contribution in [-0.4, -0.2) is 29.0 Å². The molecule has 154 valence electrons. The zero-order valence-corrected chi connectivity index (χ0v) is 16.9. The maximum Gasteiger partial charge on any atom is 0.294 e. The van der Waals surface area contributed by atoms with Crippen LogP contribution in [0.2, 0.25) is 0 Å². The highest BCUT2D eigenvalue weighted by atomic mass is 16.5. The number of nitrogens with zero attached hydrogens (tertiary/aromatic N) is 2. The Morgan fingerprint density at radius 1 is 1.07 bits per heavy atom. The van der Waals surface area contributed by atoms with E-state index in [9.17, 15) is 9.59 Å². The molecule has 0 bridgehead atoms. The Morgan fingerprint density at radius 3 is 2.67 bits per heavy atom. The Labute approximate surface area is 174 Å². The fraction of sp³-hybridized carbons (Fsp3) is 0.273. The number of benzene rings is 1. The summed E-state index contributed by atoms with van der Waals surface area (Å²) in [5.41, 5.74) is 4.30. The van der Waals surface area contributed by atoms with E-state index in [1.54, 1.807) is 13.1 Å². The number of aromatic nitrogens is 2. The molecule has 3 aromatic rings. The van der Waals surface area contributed by atoms with Crippen LogP contribution in [0.4, 0.5) is 17.2 Å². The van der Waals surface area contributed by atoms with Crippen LogP contribution in [0, 0.1) is 6.92 Å². The number of aryl methyl sites for hydroxylation is 2. The van der Waals surface area contributed by atoms with Crippen LogP contribution in [0.15, 0.2) is 41.1 Å². The van der Waals surface area contributed by atoms with Gasteiger partial charge in [0.1, 0.15) is 0 Å². The summed E-state index contributed by atoms with van der Waals surface area (Å²) < 4.78 is 5.35. The molecular formula is C22H23N5O3. The summed E-state index contributed by atoms with van der Waals surface area (Å²) in [4.78, 5) is 29.4. The average molecular weight is 405 g/mol. The van der Waals surface area contributed by atoms with Gasteiger partial charge in [-0.25, -0.2) is 4.98 Å². The molecule has 0 atom stereocenters. The standard InChI is InChI=1S/C22H23N5O3/c1-13-7-3-5-9-16(13)25-20-18(11-14(12-24-20)21(28)23-2)26-22(29)19-15-8-4-6-10-17(15)27-30-19/h3,5,7,9,11-12H,4,6,8,10H2,1-2H3,(H,23,28)(H,24,25)(H,26,29). The van der Waals surface area contributed by atoms with E-state index < -0.39 is 5.91 Å². The fourth-order valence-electron chi connectivity index (χ4n) is 3.52. The van der Waals surface area contributed by atoms with Crippen LogP contribution in [-0.2, 0) is 12.8 Å². The predicted molar refractivity (Wildman–Crippen MR) is 113 cm³/mol. The molecule has 0 unspecified atom stereocenters. The number of pyridine rings is 1. The van der Waals surface area contributed by atoms with Crippen molar-refractivity contribution in [1.29, 1.82) is 0 Å². The van der Waals surface area contributed by atoms with E-state index in [1.165, 1.54) is 6.20 Å². The largest absolute Gasteiger partial charge is 0.355 e. The minimum Gasteiger partial charge on any atom is -0.355 e. The summed E-state index contributed by atoms with van der Waals surface area (Å²) in [5, 5.41) is 12.7. The van der Waals surface area contributed by atoms with Crippen molar-refractivity contribution < 1.29 is 14.1 Å². The monoisotopic (exact) mass is 405 g/mol. The average Bonchev–Trinajstić information content (AvgIpc) is 3.20. The Morgan fingerprint density at radius 2 is 1.87 bits per heavy atom. The number of carbonyl (C=O) groups excluding carboxylic acids is 2. The molecular weight excluding hydrogens is 382 g/mol. The summed E-state index contributed by atoms with van der Waals surface area (Å²) in [5.74, 6) is -0.0533. The van der Waals surface area contributed by atoms with E-state index in [0.717, 1.165) is 48.2 Å². The van der Waals surface area contributed by atoms with E-state index in [1.807, 2.05) is 31.2 Å². The molecule has 2 heterocycles. The van der Waals surface area contributed by atoms with Gasteiger partial charge >= 0.3 is 0 Å². The third-order valence-electron chi connectivity index (χ3n) is 5.19. The van der Waals surface area contributed by atoms with Gasteiger partial charge in [-0.05, 0) is 50.3 Å². The quantitative estimate of drug-likeness (QED) is 0.598. The number of hydrogen-bond acceptors (Lipinski definition) is 6. The minimum absolute atomic E-state index is 0.219. The topological polar surface area (TPSA) is 109 Å². The van der Waals surface area contributed by atoms with Gasteiger partial charge < -0.3 is 20.5 Å². The second-order valence-corrected chi connectivity index (χ2v) is 7.24. The van der Waals surface area contributed by atoms with Crippen molar-refractivity contribution in [3.05, 3.63) is 64.7 Å². The molecule has 0 radical (unpaired) electrons. The molecule has 0 saturated heterocycles. The van der Waals surface area contributed by atoms with Gasteiger partial charge in [0.2, 0.25) is 5.76 Å². The molecule has 8 nitrogen and oxygen atoms in total. The molecule has 0 saturated carbocycles. The molecule has 1 aliphatic rings. The predicted octanol–water partition coefficient (Wildman–Crippen LogP) is 3.61. The number of anilines is 3. The fourth-order valence-corrected chi connectivity index (χ4v) is 3.52. The lowest BCUT2D eigenvalue weighted by molar-refractivity contribution is 0.0959. The van der Waals surface area contributed by atoms with Crippen molar-refractivity contribution in [2.24, 2.45) is 0 Å². The van der Waals surface area contributed by atoms with Gasteiger partial charge in [0.15, 0.2) is 5.82 Å². The summed E-state index contributed by atoms with van der Waals surface area (Å²) in [6, 6.07) is 9.33. The number of amides is 2. The second-order valence-electron chi connectivity index (χ2n) is 7.24. The lowest BCUT2D eigenvalue weighted by Gasteiger charge is -2.15. The van der Waals surface area contributed by atoms with E-state index in [-0.39, 0.29) is 11.7 Å². The molecule has 0 aliphatic heterocycles. The summed E-state index contributed by atoms with van der Waals surface area (Å²) in [6.45, 7) is 1.97. The van der Waals surface area contributed by atoms with Gasteiger partial charge in [-0.1, -0.05) is 23.4 Å². The van der Waals surface area contributed by atoms with E-state index in [4.69, 9.17) is 4.52 Å². The molecule has 3 N–H and O–H groups in total. The van der Waals surface area contributed by atoms with Gasteiger partial charge in [0, 0.05) is 24.5 Å². The van der Waals surface area contributed by atoms with E-state index >= 15 is 0 Å². The highest BCUT2D eigenvalue weighted by Gasteiger charge is 2.25. The van der Waals surface area contributed by atoms with Crippen LogP contribution in [0.3, 0.4) is 0 Å². The van der Waals surface area contributed by atoms with Gasteiger partial charge in [-0.3, -0.25) is 9.59 Å². The SMILES string of the molecule is CNC(=O)c1cnc(Nc2ccccc2C)c(NC(=O)c2onc3c2CCCC3)c1. The molecule has 30 heavy (non-hydrogen) atoms. The van der Waals surface area contributed by atoms with E-state index in [0.29, 0.717) is 17.1 Å². The number of hydrogen-bond donors (Lipinski definition) is 3. The first-order chi connectivity index (χ1) is 14.6. The molecule has 8 heteroatoms. The maximum absolute atomic E-state index is 13.0. The highest BCUT2D eigenvalue weighted by molar-refractivity contribution is 6.06. The zero-order valence-electron chi connectivity index (χ0n) is 16.9. The van der Waals surface area contributed by atoms with Crippen LogP contribution in [0.25, 0.3) is 0 Å². The Bertz CT molecular complexity index is 1110. The molecule has 0 fully saturated rings. The van der Waals surface area contributed by atoms with Crippen LogP contribution in [0.5, 0.6) is 0 Å². The summed E-state index contributed by atoms with van der Waals surface area (Å²) in [6.07, 6.45) is 5.10. The lowest BCUT2D eigenvalue weighted by atomic mass is 9.96. The van der Waals surface area contributed by atoms with Crippen molar-refractivity contribution in [2.45, 2.75) is 32.6 Å². The molecule has 2 amide bonds. The number of nitrogens with one attached hydrogen (secondary N) is 3. The van der Waals surface area contributed by atoms with Gasteiger partial charge in [-0.15, -0.1) is 0 Å². The minimum atomic E-state index is -0.408. The highest BCUT2D eigenvalue weighted by Crippen LogP contribution is 2.28. The molecule has 1 aliphatic carbocycles. The second kappa shape index (κ2) is 8.36. The van der Waals surface area contributed by atoms with Gasteiger partial charge in [0.25, 0.3) is 11.8 Å². The number of rotatable bonds is 5. The van der Waals surface area contributed by atoms with Crippen molar-refractivity contribution in [2.75, 3.05) is 17.7 Å². The molecule has 0 spiro atoms. The Hall–Kier alpha value is -3.68. The van der Waals surface area contributed by atoms with Gasteiger partial charge in [-0.2, -0.15) is 0 Å². The van der Waals surface area contributed by atoms with Crippen molar-refractivity contribution in [1.82, 2.24) is 15.5 Å². The van der Waals surface area contributed by atoms with Crippen molar-refractivity contribution in [3.8, 4) is 0 Å². The number of para-hydroxylation sites is 1. The first-order valence-corrected chi connectivity index (χ1v) is 9.90. The third kappa shape index (κ3) is 3.89. The zero-order chi connectivity index (χ0) is 21.1. The smallest absolute Gasteiger partial charge is 0.294 e. The first kappa shape index (κ1) is 19.6.